The van der Waals surface area contributed by atoms with Crippen LogP contribution >= 0.6 is 11.6 Å². The van der Waals surface area contributed by atoms with Gasteiger partial charge in [-0.2, -0.15) is 0 Å². The molecule has 0 saturated heterocycles. The van der Waals surface area contributed by atoms with Gasteiger partial charge in [0.1, 0.15) is 0 Å². The van der Waals surface area contributed by atoms with Crippen molar-refractivity contribution < 1.29 is 4.79 Å². The molecule has 1 nitrogen and oxygen atoms in total. The van der Waals surface area contributed by atoms with Gasteiger partial charge in [-0.25, -0.2) is 0 Å². The Morgan fingerprint density at radius 2 is 1.75 bits per heavy atom. The van der Waals surface area contributed by atoms with E-state index >= 15 is 0 Å². The minimum Gasteiger partial charge on any atom is -0.298 e. The molecule has 0 amide bonds. The van der Waals surface area contributed by atoms with Gasteiger partial charge in [-0.15, -0.1) is 11.6 Å². The summed E-state index contributed by atoms with van der Waals surface area (Å²) in [7, 11) is 0. The zero-order chi connectivity index (χ0) is 11.1. The van der Waals surface area contributed by atoms with E-state index in [9.17, 15) is 4.79 Å². The molecule has 0 fully saturated rings. The number of hydrogen-bond acceptors (Lipinski definition) is 1. The topological polar surface area (TPSA) is 17.1 Å². The van der Waals surface area contributed by atoms with Gasteiger partial charge in [0.25, 0.3) is 0 Å². The lowest BCUT2D eigenvalue weighted by Crippen LogP contribution is -1.88. The van der Waals surface area contributed by atoms with Crippen LogP contribution < -0.4 is 0 Å². The maximum absolute atomic E-state index is 11.0. The Bertz CT molecular complexity index is 575. The quantitative estimate of drug-likeness (QED) is 0.536. The van der Waals surface area contributed by atoms with Crippen molar-refractivity contribution in [2.75, 3.05) is 0 Å². The van der Waals surface area contributed by atoms with E-state index in [1.807, 2.05) is 42.5 Å². The van der Waals surface area contributed by atoms with Gasteiger partial charge in [0.05, 0.1) is 5.38 Å². The van der Waals surface area contributed by atoms with Crippen LogP contribution in [0.1, 0.15) is 26.9 Å². The molecule has 78 valence electrons. The van der Waals surface area contributed by atoms with E-state index in [1.165, 1.54) is 0 Å². The first kappa shape index (κ1) is 9.61. The number of benzene rings is 2. The van der Waals surface area contributed by atoms with Crippen molar-refractivity contribution in [2.24, 2.45) is 0 Å². The van der Waals surface area contributed by atoms with Gasteiger partial charge in [0.2, 0.25) is 0 Å². The van der Waals surface area contributed by atoms with E-state index < -0.39 is 0 Å². The van der Waals surface area contributed by atoms with E-state index in [-0.39, 0.29) is 5.38 Å². The molecule has 0 saturated carbocycles. The fourth-order valence-electron chi connectivity index (χ4n) is 2.32. The number of carbonyl (C=O) groups excluding carboxylic acids is 1. The van der Waals surface area contributed by atoms with Crippen molar-refractivity contribution in [3.63, 3.8) is 0 Å². The number of carbonyl (C=O) groups is 1. The molecule has 3 rings (SSSR count). The van der Waals surface area contributed by atoms with Crippen LogP contribution in [-0.2, 0) is 0 Å². The molecule has 1 atom stereocenters. The maximum Gasteiger partial charge on any atom is 0.150 e. The normalized spacial score (nSPS) is 16.7. The molecule has 16 heavy (non-hydrogen) atoms. The van der Waals surface area contributed by atoms with Gasteiger partial charge in [0, 0.05) is 5.56 Å². The largest absolute Gasteiger partial charge is 0.298 e. The summed E-state index contributed by atoms with van der Waals surface area (Å²) in [6.07, 6.45) is 0.893. The molecule has 2 aromatic carbocycles. The maximum atomic E-state index is 11.0. The number of rotatable bonds is 1. The van der Waals surface area contributed by atoms with Crippen LogP contribution in [0.3, 0.4) is 0 Å². The highest BCUT2D eigenvalue weighted by Gasteiger charge is 2.28. The molecule has 1 aliphatic carbocycles. The highest BCUT2D eigenvalue weighted by atomic mass is 35.5. The lowest BCUT2D eigenvalue weighted by atomic mass is 10.0. The monoisotopic (exact) mass is 228 g/mol. The smallest absolute Gasteiger partial charge is 0.150 e. The average Bonchev–Trinajstić information content (AvgIpc) is 2.64. The third-order valence-electron chi connectivity index (χ3n) is 3.03. The van der Waals surface area contributed by atoms with Crippen molar-refractivity contribution in [3.8, 4) is 11.1 Å². The van der Waals surface area contributed by atoms with E-state index in [1.54, 1.807) is 0 Å². The van der Waals surface area contributed by atoms with E-state index in [2.05, 4.69) is 0 Å². The molecule has 0 spiro atoms. The molecule has 0 aromatic heterocycles. The van der Waals surface area contributed by atoms with Gasteiger partial charge in [-0.1, -0.05) is 42.5 Å². The summed E-state index contributed by atoms with van der Waals surface area (Å²) in [5, 5.41) is -0.133. The lowest BCUT2D eigenvalue weighted by Gasteiger charge is -2.04. The summed E-state index contributed by atoms with van der Waals surface area (Å²) in [6, 6.07) is 13.7. The molecule has 1 unspecified atom stereocenters. The third-order valence-corrected chi connectivity index (χ3v) is 3.50. The highest BCUT2D eigenvalue weighted by molar-refractivity contribution is 6.25. The van der Waals surface area contributed by atoms with Gasteiger partial charge >= 0.3 is 0 Å². The highest BCUT2D eigenvalue weighted by Crippen LogP contribution is 2.47. The van der Waals surface area contributed by atoms with Crippen molar-refractivity contribution >= 4 is 17.9 Å². The second-order valence-electron chi connectivity index (χ2n) is 3.88. The number of halogens is 1. The molecule has 0 heterocycles. The van der Waals surface area contributed by atoms with E-state index in [0.717, 1.165) is 28.5 Å². The Hall–Kier alpha value is -1.60. The molecule has 2 heteroatoms. The predicted molar refractivity (Wildman–Crippen MR) is 65.0 cm³/mol. The number of hydrogen-bond donors (Lipinski definition) is 0. The van der Waals surface area contributed by atoms with E-state index in [4.69, 9.17) is 11.6 Å². The van der Waals surface area contributed by atoms with Crippen molar-refractivity contribution in [1.82, 2.24) is 0 Å². The Morgan fingerprint density at radius 1 is 1.00 bits per heavy atom. The first-order valence-electron chi connectivity index (χ1n) is 5.14. The van der Waals surface area contributed by atoms with Crippen LogP contribution in [0.15, 0.2) is 42.5 Å². The van der Waals surface area contributed by atoms with Crippen LogP contribution in [0, 0.1) is 0 Å². The summed E-state index contributed by atoms with van der Waals surface area (Å²) in [6.45, 7) is 0. The Balaban J connectivity index is 2.39. The van der Waals surface area contributed by atoms with Gasteiger partial charge < -0.3 is 0 Å². The minimum absolute atomic E-state index is 0.133. The van der Waals surface area contributed by atoms with Crippen molar-refractivity contribution in [3.05, 3.63) is 59.2 Å². The number of alkyl halides is 1. The summed E-state index contributed by atoms with van der Waals surface area (Å²) < 4.78 is 0. The molecule has 1 aliphatic rings. The second-order valence-corrected chi connectivity index (χ2v) is 4.32. The van der Waals surface area contributed by atoms with Crippen LogP contribution in [-0.4, -0.2) is 6.29 Å². The Morgan fingerprint density at radius 3 is 2.56 bits per heavy atom. The van der Waals surface area contributed by atoms with Crippen LogP contribution in [0.2, 0.25) is 0 Å². The van der Waals surface area contributed by atoms with Gasteiger partial charge in [-0.3, -0.25) is 4.79 Å². The van der Waals surface area contributed by atoms with E-state index in [0.29, 0.717) is 5.56 Å². The molecule has 0 bridgehead atoms. The first-order chi connectivity index (χ1) is 7.83. The zero-order valence-corrected chi connectivity index (χ0v) is 9.24. The van der Waals surface area contributed by atoms with Crippen LogP contribution in [0.25, 0.3) is 11.1 Å². The number of fused-ring (bicyclic) bond motifs is 3. The van der Waals surface area contributed by atoms with Gasteiger partial charge in [-0.05, 0) is 22.3 Å². The molecule has 0 radical (unpaired) electrons. The van der Waals surface area contributed by atoms with Crippen molar-refractivity contribution in [2.45, 2.75) is 5.38 Å². The lowest BCUT2D eigenvalue weighted by molar-refractivity contribution is 0.112. The Kier molecular flexibility index (Phi) is 2.08. The standard InChI is InChI=1S/C14H9ClO/c15-14-11-6-2-1-5-10(11)13-9(8-16)4-3-7-12(13)14/h1-8,14H. The summed E-state index contributed by atoms with van der Waals surface area (Å²) >= 11 is 6.39. The molecular weight excluding hydrogens is 220 g/mol. The van der Waals surface area contributed by atoms with Gasteiger partial charge in [0.15, 0.2) is 6.29 Å². The fraction of sp³-hybridized carbons (Fsp3) is 0.0714. The Labute approximate surface area is 98.7 Å². The fourth-order valence-corrected chi connectivity index (χ4v) is 2.69. The zero-order valence-electron chi connectivity index (χ0n) is 8.48. The first-order valence-corrected chi connectivity index (χ1v) is 5.58. The summed E-state index contributed by atoms with van der Waals surface area (Å²) in [4.78, 5) is 11.0. The number of aldehydes is 1. The SMILES string of the molecule is O=Cc1cccc2c1-c1ccccc1C2Cl. The second kappa shape index (κ2) is 3.46. The summed E-state index contributed by atoms with van der Waals surface area (Å²) in [5.74, 6) is 0. The third kappa shape index (κ3) is 1.15. The average molecular weight is 229 g/mol. The molecular formula is C14H9ClO. The molecule has 0 aliphatic heterocycles. The molecule has 2 aromatic rings. The predicted octanol–water partition coefficient (Wildman–Crippen LogP) is 3.81. The minimum atomic E-state index is -0.133. The van der Waals surface area contributed by atoms with Crippen LogP contribution in [0.5, 0.6) is 0 Å². The molecule has 0 N–H and O–H groups in total. The van der Waals surface area contributed by atoms with Crippen molar-refractivity contribution in [1.29, 1.82) is 0 Å². The summed E-state index contributed by atoms with van der Waals surface area (Å²) in [5.41, 5.74) is 4.92. The van der Waals surface area contributed by atoms with Crippen LogP contribution in [0.4, 0.5) is 0 Å².